The van der Waals surface area contributed by atoms with Gasteiger partial charge in [0.2, 0.25) is 0 Å². The SMILES string of the molecule is Cc1ccc(C#N)cc1NC1CCSc2ccc(Cl)cc21. The van der Waals surface area contributed by atoms with Crippen molar-refractivity contribution in [2.24, 2.45) is 0 Å². The number of nitrogens with zero attached hydrogens (tertiary/aromatic N) is 1. The predicted molar refractivity (Wildman–Crippen MR) is 89.1 cm³/mol. The first-order chi connectivity index (χ1) is 10.2. The molecule has 21 heavy (non-hydrogen) atoms. The van der Waals surface area contributed by atoms with E-state index in [1.807, 2.05) is 42.1 Å². The van der Waals surface area contributed by atoms with E-state index >= 15 is 0 Å². The van der Waals surface area contributed by atoms with Gasteiger partial charge < -0.3 is 5.32 Å². The van der Waals surface area contributed by atoms with Gasteiger partial charge in [-0.15, -0.1) is 11.8 Å². The van der Waals surface area contributed by atoms with Crippen LogP contribution in [0.5, 0.6) is 0 Å². The first-order valence-electron chi connectivity index (χ1n) is 6.87. The summed E-state index contributed by atoms with van der Waals surface area (Å²) in [7, 11) is 0. The van der Waals surface area contributed by atoms with Crippen LogP contribution in [0.3, 0.4) is 0 Å². The van der Waals surface area contributed by atoms with Gasteiger partial charge in [0.25, 0.3) is 0 Å². The third kappa shape index (κ3) is 3.02. The molecule has 1 aliphatic heterocycles. The highest BCUT2D eigenvalue weighted by Crippen LogP contribution is 2.39. The second-order valence-electron chi connectivity index (χ2n) is 5.16. The second kappa shape index (κ2) is 6.01. The maximum atomic E-state index is 9.05. The van der Waals surface area contributed by atoms with Crippen LogP contribution in [0.15, 0.2) is 41.3 Å². The van der Waals surface area contributed by atoms with Crippen LogP contribution in [0.1, 0.15) is 29.2 Å². The van der Waals surface area contributed by atoms with E-state index in [1.54, 1.807) is 0 Å². The zero-order valence-corrected chi connectivity index (χ0v) is 13.3. The molecular formula is C17H15ClN2S. The van der Waals surface area contributed by atoms with E-state index in [9.17, 15) is 0 Å². The molecule has 1 unspecified atom stereocenters. The van der Waals surface area contributed by atoms with Crippen molar-refractivity contribution >= 4 is 29.1 Å². The number of halogens is 1. The van der Waals surface area contributed by atoms with Gasteiger partial charge in [0.1, 0.15) is 0 Å². The molecule has 1 atom stereocenters. The standard InChI is InChI=1S/C17H15ClN2S/c1-11-2-3-12(10-19)8-16(11)20-15-6-7-21-17-5-4-13(18)9-14(15)17/h2-5,8-9,15,20H,6-7H2,1H3. The summed E-state index contributed by atoms with van der Waals surface area (Å²) in [6.07, 6.45) is 1.05. The fraction of sp³-hybridized carbons (Fsp3) is 0.235. The number of nitrogens with one attached hydrogen (secondary N) is 1. The van der Waals surface area contributed by atoms with Crippen molar-refractivity contribution in [1.29, 1.82) is 5.26 Å². The van der Waals surface area contributed by atoms with E-state index in [1.165, 1.54) is 10.5 Å². The molecule has 0 radical (unpaired) electrons. The first kappa shape index (κ1) is 14.3. The van der Waals surface area contributed by atoms with Crippen LogP contribution in [-0.4, -0.2) is 5.75 Å². The molecule has 0 saturated heterocycles. The molecule has 0 bridgehead atoms. The fourth-order valence-corrected chi connectivity index (χ4v) is 3.84. The van der Waals surface area contributed by atoms with Crippen LogP contribution < -0.4 is 5.32 Å². The molecule has 1 heterocycles. The van der Waals surface area contributed by atoms with Crippen molar-refractivity contribution in [2.45, 2.75) is 24.3 Å². The number of nitriles is 1. The van der Waals surface area contributed by atoms with Crippen molar-refractivity contribution in [3.63, 3.8) is 0 Å². The van der Waals surface area contributed by atoms with Crippen LogP contribution in [0.25, 0.3) is 0 Å². The Morgan fingerprint density at radius 3 is 2.95 bits per heavy atom. The highest BCUT2D eigenvalue weighted by atomic mass is 35.5. The van der Waals surface area contributed by atoms with E-state index in [0.29, 0.717) is 5.56 Å². The second-order valence-corrected chi connectivity index (χ2v) is 6.73. The van der Waals surface area contributed by atoms with Crippen molar-refractivity contribution in [3.05, 3.63) is 58.1 Å². The zero-order chi connectivity index (χ0) is 14.8. The Morgan fingerprint density at radius 2 is 2.14 bits per heavy atom. The van der Waals surface area contributed by atoms with Crippen LogP contribution in [0.2, 0.25) is 5.02 Å². The fourth-order valence-electron chi connectivity index (χ4n) is 2.55. The summed E-state index contributed by atoms with van der Waals surface area (Å²) in [4.78, 5) is 1.29. The van der Waals surface area contributed by atoms with Crippen molar-refractivity contribution in [1.82, 2.24) is 0 Å². The van der Waals surface area contributed by atoms with Crippen molar-refractivity contribution in [2.75, 3.05) is 11.1 Å². The van der Waals surface area contributed by atoms with Crippen molar-refractivity contribution < 1.29 is 0 Å². The summed E-state index contributed by atoms with van der Waals surface area (Å²) < 4.78 is 0. The van der Waals surface area contributed by atoms with Crippen molar-refractivity contribution in [3.8, 4) is 6.07 Å². The van der Waals surface area contributed by atoms with Crippen LogP contribution in [0, 0.1) is 18.3 Å². The largest absolute Gasteiger partial charge is 0.378 e. The van der Waals surface area contributed by atoms with E-state index in [0.717, 1.165) is 28.4 Å². The van der Waals surface area contributed by atoms with Crippen LogP contribution in [-0.2, 0) is 0 Å². The number of rotatable bonds is 2. The summed E-state index contributed by atoms with van der Waals surface area (Å²) in [6, 6.07) is 14.3. The molecule has 0 saturated carbocycles. The first-order valence-corrected chi connectivity index (χ1v) is 8.23. The minimum Gasteiger partial charge on any atom is -0.378 e. The molecule has 0 fully saturated rings. The van der Waals surface area contributed by atoms with Gasteiger partial charge in [0, 0.05) is 21.4 Å². The van der Waals surface area contributed by atoms with Gasteiger partial charge in [-0.3, -0.25) is 0 Å². The smallest absolute Gasteiger partial charge is 0.0992 e. The van der Waals surface area contributed by atoms with Gasteiger partial charge in [-0.1, -0.05) is 17.7 Å². The number of hydrogen-bond donors (Lipinski definition) is 1. The summed E-state index contributed by atoms with van der Waals surface area (Å²) in [6.45, 7) is 2.06. The average molecular weight is 315 g/mol. The maximum Gasteiger partial charge on any atom is 0.0992 e. The molecule has 4 heteroatoms. The van der Waals surface area contributed by atoms with Gasteiger partial charge in [0.15, 0.2) is 0 Å². The Labute approximate surface area is 134 Å². The summed E-state index contributed by atoms with van der Waals surface area (Å²) in [5, 5.41) is 13.4. The van der Waals surface area contributed by atoms with Gasteiger partial charge in [0.05, 0.1) is 17.7 Å². The molecule has 2 aromatic carbocycles. The minimum atomic E-state index is 0.243. The Hall–Kier alpha value is -1.63. The third-order valence-electron chi connectivity index (χ3n) is 3.71. The maximum absolute atomic E-state index is 9.05. The highest BCUT2D eigenvalue weighted by molar-refractivity contribution is 7.99. The molecule has 0 spiro atoms. The molecule has 2 nitrogen and oxygen atoms in total. The molecule has 106 valence electrons. The molecule has 1 N–H and O–H groups in total. The highest BCUT2D eigenvalue weighted by Gasteiger charge is 2.21. The quantitative estimate of drug-likeness (QED) is 0.830. The Balaban J connectivity index is 1.94. The number of thioether (sulfide) groups is 1. The lowest BCUT2D eigenvalue weighted by Crippen LogP contribution is -2.16. The summed E-state index contributed by atoms with van der Waals surface area (Å²) in [5.74, 6) is 1.09. The normalized spacial score (nSPS) is 16.9. The number of benzene rings is 2. The lowest BCUT2D eigenvalue weighted by atomic mass is 10.0. The monoisotopic (exact) mass is 314 g/mol. The lowest BCUT2D eigenvalue weighted by molar-refractivity contribution is 0.728. The average Bonchev–Trinajstić information content (AvgIpc) is 2.50. The third-order valence-corrected chi connectivity index (χ3v) is 5.07. The number of aryl methyl sites for hydroxylation is 1. The van der Waals surface area contributed by atoms with Gasteiger partial charge >= 0.3 is 0 Å². The van der Waals surface area contributed by atoms with E-state index < -0.39 is 0 Å². The van der Waals surface area contributed by atoms with Gasteiger partial charge in [-0.05, 0) is 54.8 Å². The Kier molecular flexibility index (Phi) is 4.10. The minimum absolute atomic E-state index is 0.243. The summed E-state index contributed by atoms with van der Waals surface area (Å²) in [5.41, 5.74) is 4.10. The molecule has 2 aromatic rings. The molecule has 3 rings (SSSR count). The van der Waals surface area contributed by atoms with E-state index in [-0.39, 0.29) is 6.04 Å². The van der Waals surface area contributed by atoms with E-state index in [4.69, 9.17) is 16.9 Å². The molecule has 0 aliphatic carbocycles. The lowest BCUT2D eigenvalue weighted by Gasteiger charge is -2.27. The van der Waals surface area contributed by atoms with Crippen LogP contribution in [0.4, 0.5) is 5.69 Å². The number of anilines is 1. The molecule has 0 aromatic heterocycles. The molecule has 1 aliphatic rings. The zero-order valence-electron chi connectivity index (χ0n) is 11.7. The number of hydrogen-bond acceptors (Lipinski definition) is 3. The van der Waals surface area contributed by atoms with Crippen LogP contribution >= 0.6 is 23.4 Å². The number of fused-ring (bicyclic) bond motifs is 1. The van der Waals surface area contributed by atoms with Gasteiger partial charge in [-0.25, -0.2) is 0 Å². The topological polar surface area (TPSA) is 35.8 Å². The Bertz CT molecular complexity index is 721. The summed E-state index contributed by atoms with van der Waals surface area (Å²) >= 11 is 8.02. The van der Waals surface area contributed by atoms with Gasteiger partial charge in [-0.2, -0.15) is 5.26 Å². The molecular weight excluding hydrogens is 300 g/mol. The van der Waals surface area contributed by atoms with E-state index in [2.05, 4.69) is 24.4 Å². The Morgan fingerprint density at radius 1 is 1.29 bits per heavy atom. The molecule has 0 amide bonds. The predicted octanol–water partition coefficient (Wildman–Crippen LogP) is 5.17.